The number of amides is 2. The molecule has 1 aromatic heterocycles. The molecule has 124 valence electrons. The molecule has 1 heterocycles. The summed E-state index contributed by atoms with van der Waals surface area (Å²) >= 11 is 0. The van der Waals surface area contributed by atoms with Gasteiger partial charge in [-0.1, -0.05) is 54.6 Å². The van der Waals surface area contributed by atoms with Crippen LogP contribution < -0.4 is 4.90 Å². The molecule has 3 aromatic rings. The van der Waals surface area contributed by atoms with Gasteiger partial charge in [-0.2, -0.15) is 0 Å². The molecule has 3 rings (SSSR count). The minimum Gasteiger partial charge on any atom is -0.274 e. The summed E-state index contributed by atoms with van der Waals surface area (Å²) in [6.07, 6.45) is 3.83. The maximum Gasteiger partial charge on any atom is 0.230 e. The van der Waals surface area contributed by atoms with Crippen molar-refractivity contribution in [1.29, 1.82) is 0 Å². The predicted molar refractivity (Wildman–Crippen MR) is 101 cm³/mol. The molecule has 4 nitrogen and oxygen atoms in total. The Morgan fingerprint density at radius 2 is 1.52 bits per heavy atom. The van der Waals surface area contributed by atoms with Crippen LogP contribution in [0.5, 0.6) is 0 Å². The lowest BCUT2D eigenvalue weighted by molar-refractivity contribution is -0.124. The summed E-state index contributed by atoms with van der Waals surface area (Å²) in [5, 5.41) is 0.768. The number of fused-ring (bicyclic) bond motifs is 1. The molecule has 0 unspecified atom stereocenters. The van der Waals surface area contributed by atoms with Crippen molar-refractivity contribution in [2.24, 2.45) is 0 Å². The van der Waals surface area contributed by atoms with E-state index in [1.807, 2.05) is 66.7 Å². The first kappa shape index (κ1) is 16.6. The van der Waals surface area contributed by atoms with Gasteiger partial charge in [0.2, 0.25) is 11.8 Å². The van der Waals surface area contributed by atoms with E-state index in [0.717, 1.165) is 16.5 Å². The predicted octanol–water partition coefficient (Wildman–Crippen LogP) is 4.30. The number of carbonyl (C=O) groups excluding carboxylic acids is 2. The number of hydrogen-bond acceptors (Lipinski definition) is 3. The summed E-state index contributed by atoms with van der Waals surface area (Å²) in [4.78, 5) is 29.8. The monoisotopic (exact) mass is 330 g/mol. The normalized spacial score (nSPS) is 11.0. The van der Waals surface area contributed by atoms with Gasteiger partial charge in [-0.25, -0.2) is 4.98 Å². The Morgan fingerprint density at radius 1 is 0.880 bits per heavy atom. The second-order valence-electron chi connectivity index (χ2n) is 5.70. The van der Waals surface area contributed by atoms with Gasteiger partial charge >= 0.3 is 0 Å². The fourth-order valence-electron chi connectivity index (χ4n) is 2.75. The molecule has 0 N–H and O–H groups in total. The molecule has 0 radical (unpaired) electrons. The summed E-state index contributed by atoms with van der Waals surface area (Å²) in [5.74, 6) is -0.635. The van der Waals surface area contributed by atoms with Gasteiger partial charge < -0.3 is 0 Å². The van der Waals surface area contributed by atoms with Crippen molar-refractivity contribution >= 4 is 40.6 Å². The van der Waals surface area contributed by atoms with Crippen molar-refractivity contribution in [3.05, 3.63) is 71.9 Å². The van der Waals surface area contributed by atoms with Crippen LogP contribution in [0.3, 0.4) is 0 Å². The van der Waals surface area contributed by atoms with Crippen molar-refractivity contribution in [3.63, 3.8) is 0 Å². The number of pyridine rings is 1. The smallest absolute Gasteiger partial charge is 0.230 e. The fraction of sp³-hybridized carbons (Fsp3) is 0.0952. The minimum absolute atomic E-state index is 0.318. The highest BCUT2D eigenvalue weighted by Gasteiger charge is 2.19. The first-order valence-electron chi connectivity index (χ1n) is 8.00. The second-order valence-corrected chi connectivity index (χ2v) is 5.70. The Balaban J connectivity index is 2.14. The molecule has 25 heavy (non-hydrogen) atoms. The van der Waals surface area contributed by atoms with Gasteiger partial charge in [-0.3, -0.25) is 14.5 Å². The van der Waals surface area contributed by atoms with Gasteiger partial charge in [0.15, 0.2) is 0 Å². The molecule has 0 bridgehead atoms. The first-order valence-corrected chi connectivity index (χ1v) is 8.00. The zero-order valence-corrected chi connectivity index (χ0v) is 14.1. The van der Waals surface area contributed by atoms with E-state index in [-0.39, 0.29) is 11.8 Å². The van der Waals surface area contributed by atoms with Gasteiger partial charge in [0.1, 0.15) is 0 Å². The van der Waals surface area contributed by atoms with E-state index in [1.165, 1.54) is 18.7 Å². The van der Waals surface area contributed by atoms with Crippen molar-refractivity contribution in [1.82, 2.24) is 4.98 Å². The van der Waals surface area contributed by atoms with Crippen LogP contribution in [0.15, 0.2) is 60.7 Å². The van der Waals surface area contributed by atoms with Crippen LogP contribution in [0.1, 0.15) is 25.1 Å². The molecule has 2 aromatic carbocycles. The standard InChI is InChI=1S/C21H18N2O2/c1-15(24)23(16(2)25)21-14-18(13-12-17-8-4-3-5-9-17)22-20-11-7-6-10-19(20)21/h3-14H,1-2H3/b13-12+. The van der Waals surface area contributed by atoms with Crippen LogP contribution in [0, 0.1) is 0 Å². The summed E-state index contributed by atoms with van der Waals surface area (Å²) in [7, 11) is 0. The lowest BCUT2D eigenvalue weighted by atomic mass is 10.1. The van der Waals surface area contributed by atoms with Crippen molar-refractivity contribution in [2.45, 2.75) is 13.8 Å². The number of nitrogens with zero attached hydrogens (tertiary/aromatic N) is 2. The van der Waals surface area contributed by atoms with E-state index >= 15 is 0 Å². The SMILES string of the molecule is CC(=O)N(C(C)=O)c1cc(/C=C/c2ccccc2)nc2ccccc12. The van der Waals surface area contributed by atoms with E-state index in [2.05, 4.69) is 4.98 Å². The van der Waals surface area contributed by atoms with Gasteiger partial charge in [0, 0.05) is 19.2 Å². The van der Waals surface area contributed by atoms with Crippen molar-refractivity contribution < 1.29 is 9.59 Å². The summed E-state index contributed by atoms with van der Waals surface area (Å²) in [5.41, 5.74) is 3.03. The Hall–Kier alpha value is -3.27. The molecule has 4 heteroatoms. The first-order chi connectivity index (χ1) is 12.1. The molecular formula is C21H18N2O2. The zero-order chi connectivity index (χ0) is 17.8. The number of imide groups is 1. The number of hydrogen-bond donors (Lipinski definition) is 0. The van der Waals surface area contributed by atoms with Gasteiger partial charge in [0.25, 0.3) is 0 Å². The number of benzene rings is 2. The Kier molecular flexibility index (Phi) is 4.70. The number of anilines is 1. The molecule has 2 amide bonds. The average molecular weight is 330 g/mol. The van der Waals surface area contributed by atoms with Crippen LogP contribution in [-0.4, -0.2) is 16.8 Å². The fourth-order valence-corrected chi connectivity index (χ4v) is 2.75. The molecule has 0 aliphatic carbocycles. The van der Waals surface area contributed by atoms with Gasteiger partial charge in [-0.05, 0) is 23.8 Å². The Labute approximate surface area is 146 Å². The molecule has 0 saturated heterocycles. The van der Waals surface area contributed by atoms with E-state index in [9.17, 15) is 9.59 Å². The highest BCUT2D eigenvalue weighted by atomic mass is 16.2. The number of aromatic nitrogens is 1. The van der Waals surface area contributed by atoms with E-state index in [4.69, 9.17) is 0 Å². The van der Waals surface area contributed by atoms with E-state index in [0.29, 0.717) is 11.4 Å². The van der Waals surface area contributed by atoms with Gasteiger partial charge in [0.05, 0.1) is 16.9 Å². The number of para-hydroxylation sites is 1. The van der Waals surface area contributed by atoms with Gasteiger partial charge in [-0.15, -0.1) is 0 Å². The third-order valence-electron chi connectivity index (χ3n) is 3.83. The lowest BCUT2D eigenvalue weighted by Gasteiger charge is -2.19. The summed E-state index contributed by atoms with van der Waals surface area (Å²) in [6.45, 7) is 2.77. The van der Waals surface area contributed by atoms with E-state index < -0.39 is 0 Å². The van der Waals surface area contributed by atoms with Crippen LogP contribution in [0.4, 0.5) is 5.69 Å². The third kappa shape index (κ3) is 3.63. The molecular weight excluding hydrogens is 312 g/mol. The second kappa shape index (κ2) is 7.09. The molecule has 0 spiro atoms. The maximum atomic E-state index is 12.0. The summed E-state index contributed by atoms with van der Waals surface area (Å²) < 4.78 is 0. The number of carbonyl (C=O) groups is 2. The van der Waals surface area contributed by atoms with Crippen LogP contribution in [-0.2, 0) is 9.59 Å². The molecule has 0 atom stereocenters. The minimum atomic E-state index is -0.318. The number of rotatable bonds is 3. The molecule has 0 aliphatic rings. The largest absolute Gasteiger partial charge is 0.274 e. The molecule has 0 saturated carbocycles. The third-order valence-corrected chi connectivity index (χ3v) is 3.83. The zero-order valence-electron chi connectivity index (χ0n) is 14.1. The highest BCUT2D eigenvalue weighted by molar-refractivity contribution is 6.17. The highest BCUT2D eigenvalue weighted by Crippen LogP contribution is 2.28. The Bertz CT molecular complexity index is 948. The topological polar surface area (TPSA) is 50.3 Å². The van der Waals surface area contributed by atoms with Crippen LogP contribution in [0.25, 0.3) is 23.1 Å². The van der Waals surface area contributed by atoms with Crippen LogP contribution in [0.2, 0.25) is 0 Å². The van der Waals surface area contributed by atoms with Crippen molar-refractivity contribution in [2.75, 3.05) is 4.90 Å². The van der Waals surface area contributed by atoms with Crippen LogP contribution >= 0.6 is 0 Å². The lowest BCUT2D eigenvalue weighted by Crippen LogP contribution is -2.33. The molecule has 0 fully saturated rings. The van der Waals surface area contributed by atoms with Crippen molar-refractivity contribution in [3.8, 4) is 0 Å². The molecule has 0 aliphatic heterocycles. The average Bonchev–Trinajstić information content (AvgIpc) is 2.60. The summed E-state index contributed by atoms with van der Waals surface area (Å²) in [6, 6.07) is 19.1. The quantitative estimate of drug-likeness (QED) is 0.719. The van der Waals surface area contributed by atoms with E-state index in [1.54, 1.807) is 6.07 Å². The maximum absolute atomic E-state index is 12.0. The Morgan fingerprint density at radius 3 is 2.20 bits per heavy atom.